The van der Waals surface area contributed by atoms with E-state index in [1.165, 1.54) is 5.57 Å². The molecule has 0 saturated carbocycles. The average molecular weight is 248 g/mol. The number of aliphatic hydroxyl groups is 1. The second kappa shape index (κ2) is 5.11. The van der Waals surface area contributed by atoms with Crippen LogP contribution in [0.25, 0.3) is 0 Å². The van der Waals surface area contributed by atoms with Crippen molar-refractivity contribution in [1.82, 2.24) is 0 Å². The van der Waals surface area contributed by atoms with Crippen LogP contribution in [0, 0.1) is 5.92 Å². The number of fused-ring (bicyclic) bond motifs is 1. The molecule has 1 N–H and O–H groups in total. The maximum Gasteiger partial charge on any atom is 0.334 e. The third-order valence-corrected chi connectivity index (χ3v) is 3.69. The molecule has 0 radical (unpaired) electrons. The van der Waals surface area contributed by atoms with E-state index in [1.807, 2.05) is 19.9 Å². The Morgan fingerprint density at radius 2 is 2.11 bits per heavy atom. The number of ether oxygens (including phenoxy) is 1. The molecule has 3 atom stereocenters. The largest absolute Gasteiger partial charge is 0.454 e. The molecular weight excluding hydrogens is 228 g/mol. The van der Waals surface area contributed by atoms with Crippen LogP contribution in [-0.4, -0.2) is 23.3 Å². The molecule has 0 bridgehead atoms. The number of carbonyl (C=O) groups excluding carboxylic acids is 1. The highest BCUT2D eigenvalue weighted by Gasteiger charge is 2.41. The molecule has 0 aromatic heterocycles. The predicted molar refractivity (Wildman–Crippen MR) is 69.9 cm³/mol. The Morgan fingerprint density at radius 1 is 1.39 bits per heavy atom. The first-order valence-electron chi connectivity index (χ1n) is 6.40. The number of hydrogen-bond donors (Lipinski definition) is 1. The van der Waals surface area contributed by atoms with Crippen LogP contribution in [0.5, 0.6) is 0 Å². The third kappa shape index (κ3) is 2.56. The highest BCUT2D eigenvalue weighted by Crippen LogP contribution is 2.34. The van der Waals surface area contributed by atoms with E-state index >= 15 is 0 Å². The molecule has 1 aliphatic heterocycles. The van der Waals surface area contributed by atoms with Gasteiger partial charge < -0.3 is 9.84 Å². The highest BCUT2D eigenvalue weighted by molar-refractivity contribution is 5.91. The van der Waals surface area contributed by atoms with Gasteiger partial charge in [-0.3, -0.25) is 0 Å². The van der Waals surface area contributed by atoms with E-state index in [2.05, 4.69) is 12.7 Å². The van der Waals surface area contributed by atoms with E-state index in [4.69, 9.17) is 4.74 Å². The molecular formula is C15H20O3. The Hall–Kier alpha value is -1.35. The van der Waals surface area contributed by atoms with Crippen LogP contribution in [0.2, 0.25) is 0 Å². The van der Waals surface area contributed by atoms with Crippen LogP contribution in [0.1, 0.15) is 33.1 Å². The van der Waals surface area contributed by atoms with Gasteiger partial charge in [-0.05, 0) is 39.2 Å². The molecule has 0 aromatic rings. The molecule has 0 aromatic carbocycles. The van der Waals surface area contributed by atoms with Crippen molar-refractivity contribution in [3.8, 4) is 0 Å². The molecule has 2 rings (SSSR count). The minimum atomic E-state index is -0.604. The summed E-state index contributed by atoms with van der Waals surface area (Å²) in [4.78, 5) is 11.6. The summed E-state index contributed by atoms with van der Waals surface area (Å²) in [5, 5.41) is 10.3. The van der Waals surface area contributed by atoms with Gasteiger partial charge >= 0.3 is 5.97 Å². The molecule has 3 nitrogen and oxygen atoms in total. The quantitative estimate of drug-likeness (QED) is 0.407. The fourth-order valence-corrected chi connectivity index (χ4v) is 2.65. The molecule has 0 unspecified atom stereocenters. The fraction of sp³-hybridized carbons (Fsp3) is 0.533. The number of hydrogen-bond acceptors (Lipinski definition) is 3. The standard InChI is InChI=1S/C15H20O3/c1-9-5-4-6-10(2)8-13-14(12(16)7-9)11(3)15(17)18-13/h5,8,12-14,16H,3-4,6-7H2,1-2H3/b9-5-,10-8-/t12-,13-,14-/m1/s1. The third-order valence-electron chi connectivity index (χ3n) is 3.69. The van der Waals surface area contributed by atoms with Crippen molar-refractivity contribution < 1.29 is 14.6 Å². The summed E-state index contributed by atoms with van der Waals surface area (Å²) in [6, 6.07) is 0. The van der Waals surface area contributed by atoms with Gasteiger partial charge in [-0.25, -0.2) is 4.79 Å². The maximum atomic E-state index is 11.6. The first-order valence-corrected chi connectivity index (χ1v) is 6.40. The van der Waals surface area contributed by atoms with Crippen LogP contribution in [-0.2, 0) is 9.53 Å². The van der Waals surface area contributed by atoms with Gasteiger partial charge in [0.2, 0.25) is 0 Å². The SMILES string of the molecule is C=C1C(=O)O[C@@H]2/C=C(/C)CC/C=C(/C)C[C@@H](O)[C@@H]12. The van der Waals surface area contributed by atoms with E-state index in [0.29, 0.717) is 12.0 Å². The number of rotatable bonds is 0. The molecule has 0 amide bonds. The van der Waals surface area contributed by atoms with Crippen molar-refractivity contribution in [2.45, 2.75) is 45.3 Å². The van der Waals surface area contributed by atoms with Crippen molar-refractivity contribution >= 4 is 5.97 Å². The van der Waals surface area contributed by atoms with E-state index < -0.39 is 6.10 Å². The van der Waals surface area contributed by atoms with Crippen LogP contribution in [0.4, 0.5) is 0 Å². The normalized spacial score (nSPS) is 39.2. The Labute approximate surface area is 108 Å². The molecule has 0 spiro atoms. The summed E-state index contributed by atoms with van der Waals surface area (Å²) < 4.78 is 5.29. The van der Waals surface area contributed by atoms with Gasteiger partial charge in [0.15, 0.2) is 0 Å². The van der Waals surface area contributed by atoms with Gasteiger partial charge in [-0.15, -0.1) is 0 Å². The maximum absolute atomic E-state index is 11.6. The summed E-state index contributed by atoms with van der Waals surface area (Å²) >= 11 is 0. The van der Waals surface area contributed by atoms with Crippen molar-refractivity contribution in [3.05, 3.63) is 35.5 Å². The van der Waals surface area contributed by atoms with Crippen LogP contribution in [0.3, 0.4) is 0 Å². The lowest BCUT2D eigenvalue weighted by Gasteiger charge is -2.23. The van der Waals surface area contributed by atoms with Gasteiger partial charge in [-0.1, -0.05) is 23.8 Å². The van der Waals surface area contributed by atoms with Crippen LogP contribution >= 0.6 is 0 Å². The number of carbonyl (C=O) groups is 1. The number of esters is 1. The van der Waals surface area contributed by atoms with Gasteiger partial charge in [0.05, 0.1) is 12.0 Å². The first kappa shape index (κ1) is 13.1. The Kier molecular flexibility index (Phi) is 3.71. The van der Waals surface area contributed by atoms with E-state index in [-0.39, 0.29) is 18.0 Å². The zero-order valence-corrected chi connectivity index (χ0v) is 11.0. The van der Waals surface area contributed by atoms with Crippen molar-refractivity contribution in [2.75, 3.05) is 0 Å². The predicted octanol–water partition coefficient (Wildman–Crippen LogP) is 2.52. The fourth-order valence-electron chi connectivity index (χ4n) is 2.65. The zero-order valence-electron chi connectivity index (χ0n) is 11.0. The molecule has 1 fully saturated rings. The second-order valence-electron chi connectivity index (χ2n) is 5.29. The van der Waals surface area contributed by atoms with Crippen molar-refractivity contribution in [2.24, 2.45) is 5.92 Å². The van der Waals surface area contributed by atoms with Crippen LogP contribution < -0.4 is 0 Å². The Balaban J connectivity index is 2.33. The van der Waals surface area contributed by atoms with E-state index in [0.717, 1.165) is 18.4 Å². The summed E-state index contributed by atoms with van der Waals surface area (Å²) in [7, 11) is 0. The topological polar surface area (TPSA) is 46.5 Å². The zero-order chi connectivity index (χ0) is 13.3. The monoisotopic (exact) mass is 248 g/mol. The highest BCUT2D eigenvalue weighted by atomic mass is 16.6. The molecule has 98 valence electrons. The lowest BCUT2D eigenvalue weighted by atomic mass is 9.86. The van der Waals surface area contributed by atoms with Crippen molar-refractivity contribution in [3.63, 3.8) is 0 Å². The van der Waals surface area contributed by atoms with E-state index in [9.17, 15) is 9.90 Å². The lowest BCUT2D eigenvalue weighted by Crippen LogP contribution is -2.28. The Morgan fingerprint density at radius 3 is 2.83 bits per heavy atom. The van der Waals surface area contributed by atoms with Gasteiger partial charge in [-0.2, -0.15) is 0 Å². The van der Waals surface area contributed by atoms with Gasteiger partial charge in [0, 0.05) is 5.57 Å². The smallest absolute Gasteiger partial charge is 0.334 e. The van der Waals surface area contributed by atoms with E-state index in [1.54, 1.807) is 0 Å². The second-order valence-corrected chi connectivity index (χ2v) is 5.29. The van der Waals surface area contributed by atoms with Crippen molar-refractivity contribution in [1.29, 1.82) is 0 Å². The molecule has 1 aliphatic carbocycles. The molecule has 18 heavy (non-hydrogen) atoms. The summed E-state index contributed by atoms with van der Waals surface area (Å²) in [6.45, 7) is 7.81. The van der Waals surface area contributed by atoms with Crippen LogP contribution in [0.15, 0.2) is 35.5 Å². The number of allylic oxidation sites excluding steroid dienone is 2. The Bertz CT molecular complexity index is 431. The summed E-state index contributed by atoms with van der Waals surface area (Å²) in [5.74, 6) is -0.692. The summed E-state index contributed by atoms with van der Waals surface area (Å²) in [6.07, 6.45) is 5.65. The average Bonchev–Trinajstić information content (AvgIpc) is 2.53. The molecule has 1 saturated heterocycles. The molecule has 1 heterocycles. The molecule has 2 aliphatic rings. The first-order chi connectivity index (χ1) is 8.49. The summed E-state index contributed by atoms with van der Waals surface area (Å²) in [5.41, 5.74) is 2.73. The minimum Gasteiger partial charge on any atom is -0.454 e. The van der Waals surface area contributed by atoms with Gasteiger partial charge in [0.25, 0.3) is 0 Å². The molecule has 3 heteroatoms. The minimum absolute atomic E-state index is 0.311. The lowest BCUT2D eigenvalue weighted by molar-refractivity contribution is -0.137. The van der Waals surface area contributed by atoms with Gasteiger partial charge in [0.1, 0.15) is 6.10 Å². The number of aliphatic hydroxyl groups excluding tert-OH is 1.